The van der Waals surface area contributed by atoms with Crippen molar-refractivity contribution in [1.29, 1.82) is 0 Å². The van der Waals surface area contributed by atoms with Crippen LogP contribution in [0.3, 0.4) is 0 Å². The van der Waals surface area contributed by atoms with Crippen LogP contribution in [0.25, 0.3) is 0 Å². The Morgan fingerprint density at radius 3 is 2.88 bits per heavy atom. The minimum atomic E-state index is 0.139. The second kappa shape index (κ2) is 6.79. The first-order valence-corrected chi connectivity index (χ1v) is 5.15. The summed E-state index contributed by atoms with van der Waals surface area (Å²) in [5, 5.41) is 18.2. The summed E-state index contributed by atoms with van der Waals surface area (Å²) >= 11 is 0. The van der Waals surface area contributed by atoms with Crippen molar-refractivity contribution in [2.75, 3.05) is 27.3 Å². The molecule has 0 radical (unpaired) electrons. The Morgan fingerprint density at radius 2 is 2.19 bits per heavy atom. The maximum atomic E-state index is 8.63. The molecular formula is C11H17N3O2. The maximum absolute atomic E-state index is 8.63. The predicted molar refractivity (Wildman–Crippen MR) is 61.8 cm³/mol. The van der Waals surface area contributed by atoms with Crippen LogP contribution in [0, 0.1) is 0 Å². The molecule has 0 fully saturated rings. The standard InChI is InChI=1S/C11H17N3O2/c1-14(2)13-12-10-5-3-6-11(9-10)16-8-4-7-15/h3,5-6,9,15H,4,7-8H2,1-2H3. The summed E-state index contributed by atoms with van der Waals surface area (Å²) < 4.78 is 5.42. The summed E-state index contributed by atoms with van der Waals surface area (Å²) in [5.74, 6) is 0.739. The smallest absolute Gasteiger partial charge is 0.121 e. The van der Waals surface area contributed by atoms with Gasteiger partial charge in [-0.25, -0.2) is 0 Å². The lowest BCUT2D eigenvalue weighted by atomic mass is 10.3. The molecule has 1 aromatic carbocycles. The van der Waals surface area contributed by atoms with Gasteiger partial charge in [-0.05, 0) is 12.1 Å². The molecule has 1 N–H and O–H groups in total. The van der Waals surface area contributed by atoms with Crippen LogP contribution in [0.2, 0.25) is 0 Å². The Morgan fingerprint density at radius 1 is 1.38 bits per heavy atom. The zero-order chi connectivity index (χ0) is 11.8. The molecule has 0 heterocycles. The van der Waals surface area contributed by atoms with E-state index < -0.39 is 0 Å². The topological polar surface area (TPSA) is 57.4 Å². The van der Waals surface area contributed by atoms with Crippen molar-refractivity contribution in [1.82, 2.24) is 5.01 Å². The number of aliphatic hydroxyl groups is 1. The summed E-state index contributed by atoms with van der Waals surface area (Å²) in [6, 6.07) is 7.38. The highest BCUT2D eigenvalue weighted by atomic mass is 16.5. The van der Waals surface area contributed by atoms with E-state index in [1.54, 1.807) is 5.01 Å². The van der Waals surface area contributed by atoms with Gasteiger partial charge in [0.05, 0.1) is 12.3 Å². The fourth-order valence-corrected chi connectivity index (χ4v) is 1.03. The van der Waals surface area contributed by atoms with Crippen LogP contribution >= 0.6 is 0 Å². The third-order valence-electron chi connectivity index (χ3n) is 1.73. The van der Waals surface area contributed by atoms with Crippen LogP contribution in [-0.4, -0.2) is 37.4 Å². The van der Waals surface area contributed by atoms with Gasteiger partial charge in [0.15, 0.2) is 0 Å². The molecule has 0 amide bonds. The van der Waals surface area contributed by atoms with Gasteiger partial charge in [-0.2, -0.15) is 0 Å². The summed E-state index contributed by atoms with van der Waals surface area (Å²) in [5.41, 5.74) is 0.746. The van der Waals surface area contributed by atoms with E-state index in [2.05, 4.69) is 10.3 Å². The average molecular weight is 223 g/mol. The molecule has 0 aliphatic rings. The van der Waals surface area contributed by atoms with E-state index in [9.17, 15) is 0 Å². The van der Waals surface area contributed by atoms with Gasteiger partial charge < -0.3 is 9.84 Å². The van der Waals surface area contributed by atoms with Gasteiger partial charge >= 0.3 is 0 Å². The third-order valence-corrected chi connectivity index (χ3v) is 1.73. The Balaban J connectivity index is 2.56. The van der Waals surface area contributed by atoms with Gasteiger partial charge in [-0.15, -0.1) is 5.11 Å². The van der Waals surface area contributed by atoms with E-state index in [4.69, 9.17) is 9.84 Å². The zero-order valence-electron chi connectivity index (χ0n) is 9.63. The molecule has 0 atom stereocenters. The quantitative estimate of drug-likeness (QED) is 0.456. The first kappa shape index (κ1) is 12.4. The Kier molecular flexibility index (Phi) is 5.28. The molecule has 16 heavy (non-hydrogen) atoms. The van der Waals surface area contributed by atoms with Crippen LogP contribution in [0.5, 0.6) is 5.75 Å². The molecule has 0 aliphatic heterocycles. The lowest BCUT2D eigenvalue weighted by Crippen LogP contribution is -1.99. The van der Waals surface area contributed by atoms with E-state index >= 15 is 0 Å². The summed E-state index contributed by atoms with van der Waals surface area (Å²) in [7, 11) is 3.62. The third kappa shape index (κ3) is 4.75. The van der Waals surface area contributed by atoms with E-state index in [1.165, 1.54) is 0 Å². The highest BCUT2D eigenvalue weighted by molar-refractivity contribution is 5.42. The van der Waals surface area contributed by atoms with Crippen LogP contribution in [0.15, 0.2) is 34.6 Å². The van der Waals surface area contributed by atoms with Crippen LogP contribution in [0.4, 0.5) is 5.69 Å². The maximum Gasteiger partial charge on any atom is 0.121 e. The van der Waals surface area contributed by atoms with Gasteiger partial charge in [0.2, 0.25) is 0 Å². The first-order valence-electron chi connectivity index (χ1n) is 5.15. The monoisotopic (exact) mass is 223 g/mol. The number of rotatable bonds is 6. The SMILES string of the molecule is CN(C)N=Nc1cccc(OCCCO)c1. The second-order valence-corrected chi connectivity index (χ2v) is 3.46. The fourth-order valence-electron chi connectivity index (χ4n) is 1.03. The number of nitrogens with zero attached hydrogens (tertiary/aromatic N) is 3. The zero-order valence-corrected chi connectivity index (χ0v) is 9.63. The number of hydrogen-bond donors (Lipinski definition) is 1. The number of hydrogen-bond acceptors (Lipinski definition) is 4. The number of aliphatic hydroxyl groups excluding tert-OH is 1. The van der Waals surface area contributed by atoms with Crippen LogP contribution < -0.4 is 4.74 Å². The van der Waals surface area contributed by atoms with Crippen molar-refractivity contribution in [3.05, 3.63) is 24.3 Å². The summed E-state index contributed by atoms with van der Waals surface area (Å²) in [6.07, 6.45) is 0.628. The Labute approximate surface area is 95.3 Å². The molecule has 0 aliphatic carbocycles. The lowest BCUT2D eigenvalue weighted by Gasteiger charge is -2.05. The second-order valence-electron chi connectivity index (χ2n) is 3.46. The highest BCUT2D eigenvalue weighted by Crippen LogP contribution is 2.20. The molecule has 5 nitrogen and oxygen atoms in total. The van der Waals surface area contributed by atoms with Crippen molar-refractivity contribution in [3.63, 3.8) is 0 Å². The molecule has 0 saturated carbocycles. The normalized spacial score (nSPS) is 10.7. The van der Waals surface area contributed by atoms with E-state index in [-0.39, 0.29) is 6.61 Å². The molecule has 0 aromatic heterocycles. The van der Waals surface area contributed by atoms with Crippen molar-refractivity contribution < 1.29 is 9.84 Å². The molecule has 88 valence electrons. The number of ether oxygens (including phenoxy) is 1. The Hall–Kier alpha value is -1.62. The van der Waals surface area contributed by atoms with Crippen molar-refractivity contribution in [2.24, 2.45) is 10.3 Å². The lowest BCUT2D eigenvalue weighted by molar-refractivity contribution is 0.233. The summed E-state index contributed by atoms with van der Waals surface area (Å²) in [4.78, 5) is 0. The molecule has 1 aromatic rings. The molecule has 0 saturated heterocycles. The van der Waals surface area contributed by atoms with Gasteiger partial charge in [-0.1, -0.05) is 11.3 Å². The average Bonchev–Trinajstić information content (AvgIpc) is 2.27. The van der Waals surface area contributed by atoms with E-state index in [1.807, 2.05) is 38.4 Å². The van der Waals surface area contributed by atoms with Gasteiger partial charge in [0, 0.05) is 33.2 Å². The molecule has 0 bridgehead atoms. The molecule has 5 heteroatoms. The van der Waals surface area contributed by atoms with E-state index in [0.29, 0.717) is 13.0 Å². The van der Waals surface area contributed by atoms with E-state index in [0.717, 1.165) is 11.4 Å². The van der Waals surface area contributed by atoms with Crippen LogP contribution in [-0.2, 0) is 0 Å². The molecule has 1 rings (SSSR count). The van der Waals surface area contributed by atoms with Crippen molar-refractivity contribution >= 4 is 5.69 Å². The summed E-state index contributed by atoms with van der Waals surface area (Å²) in [6.45, 7) is 0.644. The van der Waals surface area contributed by atoms with Crippen LogP contribution in [0.1, 0.15) is 6.42 Å². The molecular weight excluding hydrogens is 206 g/mol. The van der Waals surface area contributed by atoms with Gasteiger partial charge in [0.25, 0.3) is 0 Å². The van der Waals surface area contributed by atoms with Crippen molar-refractivity contribution in [2.45, 2.75) is 6.42 Å². The largest absolute Gasteiger partial charge is 0.493 e. The minimum absolute atomic E-state index is 0.139. The first-order chi connectivity index (χ1) is 7.72. The predicted octanol–water partition coefficient (Wildman–Crippen LogP) is 2.01. The Bertz CT molecular complexity index is 340. The fraction of sp³-hybridized carbons (Fsp3) is 0.455. The minimum Gasteiger partial charge on any atom is -0.493 e. The van der Waals surface area contributed by atoms with Crippen molar-refractivity contribution in [3.8, 4) is 5.75 Å². The van der Waals surface area contributed by atoms with Gasteiger partial charge in [0.1, 0.15) is 5.75 Å². The van der Waals surface area contributed by atoms with Gasteiger partial charge in [-0.3, -0.25) is 5.01 Å². The number of benzene rings is 1. The molecule has 0 unspecified atom stereocenters. The highest BCUT2D eigenvalue weighted by Gasteiger charge is 1.95. The molecule has 0 spiro atoms.